The van der Waals surface area contributed by atoms with Crippen molar-refractivity contribution in [1.82, 2.24) is 4.98 Å². The minimum Gasteiger partial charge on any atom is -0.392 e. The van der Waals surface area contributed by atoms with Gasteiger partial charge in [-0.2, -0.15) is 0 Å². The Morgan fingerprint density at radius 2 is 2.21 bits per heavy atom. The summed E-state index contributed by atoms with van der Waals surface area (Å²) in [6.45, 7) is -0.310. The number of pyridine rings is 1. The zero-order valence-corrected chi connectivity index (χ0v) is 9.32. The number of aliphatic hydroxyl groups excluding tert-OH is 1. The van der Waals surface area contributed by atoms with Gasteiger partial charge in [-0.05, 0) is 0 Å². The Labute approximate surface area is 93.0 Å². The smallest absolute Gasteiger partial charge is 0.280 e. The van der Waals surface area contributed by atoms with Gasteiger partial charge < -0.3 is 5.11 Å². The van der Waals surface area contributed by atoms with Crippen LogP contribution in [-0.4, -0.2) is 10.1 Å². The van der Waals surface area contributed by atoms with Crippen LogP contribution in [0.2, 0.25) is 5.02 Å². The fraction of sp³-hybridized carbons (Fsp3) is 0.375. The second kappa shape index (κ2) is 5.00. The zero-order chi connectivity index (χ0) is 10.7. The minimum atomic E-state index is -2.66. The normalized spacial score (nSPS) is 11.0. The maximum Gasteiger partial charge on any atom is 0.280 e. The molecule has 0 aliphatic heterocycles. The van der Waals surface area contributed by atoms with Crippen LogP contribution in [-0.2, 0) is 11.9 Å². The Bertz CT molecular complexity index is 335. The van der Waals surface area contributed by atoms with Crippen molar-refractivity contribution < 1.29 is 13.9 Å². The van der Waals surface area contributed by atoms with Gasteiger partial charge in [0.1, 0.15) is 5.69 Å². The van der Waals surface area contributed by atoms with Crippen LogP contribution in [0.25, 0.3) is 0 Å². The monoisotopic (exact) mass is 285 g/mol. The lowest BCUT2D eigenvalue weighted by molar-refractivity contribution is 0.145. The quantitative estimate of drug-likeness (QED) is 0.866. The van der Waals surface area contributed by atoms with Crippen molar-refractivity contribution in [3.63, 3.8) is 0 Å². The Morgan fingerprint density at radius 3 is 2.64 bits per heavy atom. The number of hydrogen-bond acceptors (Lipinski definition) is 2. The number of aromatic nitrogens is 1. The van der Waals surface area contributed by atoms with E-state index in [-0.39, 0.29) is 28.2 Å². The van der Waals surface area contributed by atoms with Gasteiger partial charge in [-0.3, -0.25) is 4.98 Å². The summed E-state index contributed by atoms with van der Waals surface area (Å²) in [4.78, 5) is 3.56. The standard InChI is InChI=1S/C8H7BrClF2NO/c9-1-5-6(10)4(3-14)2-13-7(5)8(11)12/h2,8,14H,1,3H2. The van der Waals surface area contributed by atoms with Crippen LogP contribution in [0.3, 0.4) is 0 Å². The van der Waals surface area contributed by atoms with Crippen molar-refractivity contribution in [2.24, 2.45) is 0 Å². The number of aliphatic hydroxyl groups is 1. The molecule has 0 radical (unpaired) electrons. The molecule has 1 N–H and O–H groups in total. The Hall–Kier alpha value is -0.260. The minimum absolute atomic E-state index is 0.148. The van der Waals surface area contributed by atoms with E-state index in [1.54, 1.807) is 0 Å². The molecule has 14 heavy (non-hydrogen) atoms. The molecule has 0 aliphatic carbocycles. The second-order valence-electron chi connectivity index (χ2n) is 2.55. The largest absolute Gasteiger partial charge is 0.392 e. The van der Waals surface area contributed by atoms with Crippen molar-refractivity contribution in [3.8, 4) is 0 Å². The van der Waals surface area contributed by atoms with Crippen molar-refractivity contribution >= 4 is 27.5 Å². The molecule has 0 amide bonds. The van der Waals surface area contributed by atoms with Gasteiger partial charge in [-0.25, -0.2) is 8.78 Å². The fourth-order valence-corrected chi connectivity index (χ4v) is 2.01. The highest BCUT2D eigenvalue weighted by atomic mass is 79.9. The molecule has 1 aromatic heterocycles. The lowest BCUT2D eigenvalue weighted by atomic mass is 10.1. The summed E-state index contributed by atoms with van der Waals surface area (Å²) in [6, 6.07) is 0. The van der Waals surface area contributed by atoms with E-state index in [1.807, 2.05) is 0 Å². The molecule has 78 valence electrons. The Morgan fingerprint density at radius 1 is 1.57 bits per heavy atom. The SMILES string of the molecule is OCc1cnc(C(F)F)c(CBr)c1Cl. The maximum atomic E-state index is 12.4. The molecule has 0 atom stereocenters. The lowest BCUT2D eigenvalue weighted by Crippen LogP contribution is -2.01. The van der Waals surface area contributed by atoms with Gasteiger partial charge in [0, 0.05) is 22.7 Å². The molecule has 0 aliphatic rings. The Balaban J connectivity index is 3.28. The summed E-state index contributed by atoms with van der Waals surface area (Å²) in [6.07, 6.45) is -1.50. The third-order valence-corrected chi connectivity index (χ3v) is 2.76. The summed E-state index contributed by atoms with van der Waals surface area (Å²) in [5.74, 6) is 0. The molecule has 0 bridgehead atoms. The van der Waals surface area contributed by atoms with Crippen LogP contribution in [0.4, 0.5) is 8.78 Å². The predicted molar refractivity (Wildman–Crippen MR) is 52.8 cm³/mol. The summed E-state index contributed by atoms with van der Waals surface area (Å²) in [5, 5.41) is 9.18. The van der Waals surface area contributed by atoms with E-state index in [1.165, 1.54) is 0 Å². The van der Waals surface area contributed by atoms with Gasteiger partial charge in [0.25, 0.3) is 6.43 Å². The van der Waals surface area contributed by atoms with Crippen LogP contribution >= 0.6 is 27.5 Å². The van der Waals surface area contributed by atoms with Gasteiger partial charge in [0.05, 0.1) is 11.6 Å². The Kier molecular flexibility index (Phi) is 4.22. The molecular formula is C8H7BrClF2NO. The molecule has 1 aromatic rings. The van der Waals surface area contributed by atoms with Crippen molar-refractivity contribution in [2.75, 3.05) is 0 Å². The second-order valence-corrected chi connectivity index (χ2v) is 3.49. The van der Waals surface area contributed by atoms with E-state index >= 15 is 0 Å². The number of alkyl halides is 3. The first-order valence-electron chi connectivity index (χ1n) is 3.73. The molecule has 0 aromatic carbocycles. The summed E-state index contributed by atoms with van der Waals surface area (Å²) in [5.41, 5.74) is 0.239. The number of hydrogen-bond donors (Lipinski definition) is 1. The molecule has 0 spiro atoms. The third kappa shape index (κ3) is 2.21. The predicted octanol–water partition coefficient (Wildman–Crippen LogP) is 3.06. The average molecular weight is 287 g/mol. The molecular weight excluding hydrogens is 279 g/mol. The van der Waals surface area contributed by atoms with Gasteiger partial charge in [0.2, 0.25) is 0 Å². The number of rotatable bonds is 3. The van der Waals surface area contributed by atoms with E-state index in [9.17, 15) is 8.78 Å². The van der Waals surface area contributed by atoms with E-state index in [0.29, 0.717) is 5.56 Å². The van der Waals surface area contributed by atoms with Crippen LogP contribution in [0.15, 0.2) is 6.20 Å². The topological polar surface area (TPSA) is 33.1 Å². The van der Waals surface area contributed by atoms with Crippen LogP contribution in [0.1, 0.15) is 23.2 Å². The van der Waals surface area contributed by atoms with Gasteiger partial charge in [-0.15, -0.1) is 0 Å². The molecule has 1 heterocycles. The fourth-order valence-electron chi connectivity index (χ4n) is 1.01. The lowest BCUT2D eigenvalue weighted by Gasteiger charge is -2.09. The van der Waals surface area contributed by atoms with Crippen LogP contribution < -0.4 is 0 Å². The van der Waals surface area contributed by atoms with Crippen molar-refractivity contribution in [1.29, 1.82) is 0 Å². The highest BCUT2D eigenvalue weighted by Crippen LogP contribution is 2.30. The third-order valence-electron chi connectivity index (χ3n) is 1.73. The highest BCUT2D eigenvalue weighted by Gasteiger charge is 2.18. The average Bonchev–Trinajstić information content (AvgIpc) is 2.17. The first kappa shape index (κ1) is 11.8. The first-order chi connectivity index (χ1) is 6.61. The summed E-state index contributed by atoms with van der Waals surface area (Å²) in [7, 11) is 0. The molecule has 2 nitrogen and oxygen atoms in total. The van der Waals surface area contributed by atoms with Crippen LogP contribution in [0, 0.1) is 0 Å². The number of nitrogens with zero attached hydrogens (tertiary/aromatic N) is 1. The molecule has 0 unspecified atom stereocenters. The highest BCUT2D eigenvalue weighted by molar-refractivity contribution is 9.08. The van der Waals surface area contributed by atoms with Gasteiger partial charge in [0.15, 0.2) is 0 Å². The maximum absolute atomic E-state index is 12.4. The molecule has 0 saturated heterocycles. The molecule has 0 saturated carbocycles. The van der Waals surface area contributed by atoms with Gasteiger partial charge >= 0.3 is 0 Å². The summed E-state index contributed by atoms with van der Waals surface area (Å²) >= 11 is 8.85. The molecule has 1 rings (SSSR count). The molecule has 6 heteroatoms. The van der Waals surface area contributed by atoms with Crippen molar-refractivity contribution in [2.45, 2.75) is 18.4 Å². The van der Waals surface area contributed by atoms with E-state index in [4.69, 9.17) is 16.7 Å². The van der Waals surface area contributed by atoms with Crippen LogP contribution in [0.5, 0.6) is 0 Å². The molecule has 0 fully saturated rings. The van der Waals surface area contributed by atoms with E-state index in [0.717, 1.165) is 6.20 Å². The van der Waals surface area contributed by atoms with Gasteiger partial charge in [-0.1, -0.05) is 27.5 Å². The number of halogens is 4. The van der Waals surface area contributed by atoms with E-state index < -0.39 is 6.43 Å². The summed E-state index contributed by atoms with van der Waals surface area (Å²) < 4.78 is 24.9. The van der Waals surface area contributed by atoms with E-state index in [2.05, 4.69) is 20.9 Å². The first-order valence-corrected chi connectivity index (χ1v) is 5.22. The zero-order valence-electron chi connectivity index (χ0n) is 6.98. The van der Waals surface area contributed by atoms with Crippen molar-refractivity contribution in [3.05, 3.63) is 28.0 Å².